The molecule has 0 unspecified atom stereocenters. The largest absolute Gasteiger partial charge is 0.492 e. The first-order chi connectivity index (χ1) is 11.5. The van der Waals surface area contributed by atoms with E-state index in [1.165, 1.54) is 6.92 Å². The van der Waals surface area contributed by atoms with Crippen LogP contribution in [-0.2, 0) is 9.59 Å². The van der Waals surface area contributed by atoms with Crippen LogP contribution in [0, 0.1) is 0 Å². The minimum absolute atomic E-state index is 0.0926. The Morgan fingerprint density at radius 1 is 1.00 bits per heavy atom. The van der Waals surface area contributed by atoms with Crippen molar-refractivity contribution in [2.24, 2.45) is 0 Å². The average molecular weight is 347 g/mol. The molecule has 5 nitrogen and oxygen atoms in total. The number of para-hydroxylation sites is 1. The van der Waals surface area contributed by atoms with E-state index in [2.05, 4.69) is 10.6 Å². The highest BCUT2D eigenvalue weighted by molar-refractivity contribution is 6.32. The fourth-order valence-electron chi connectivity index (χ4n) is 2.04. The number of carbonyl (C=O) groups excluding carboxylic acids is 2. The van der Waals surface area contributed by atoms with Gasteiger partial charge in [-0.2, -0.15) is 0 Å². The molecule has 24 heavy (non-hydrogen) atoms. The van der Waals surface area contributed by atoms with Gasteiger partial charge in [-0.15, -0.1) is 0 Å². The SMILES string of the molecule is CC(=O)Nc1ccc(NC(=O)CCCOc2ccccc2Cl)cc1. The van der Waals surface area contributed by atoms with Gasteiger partial charge in [0.05, 0.1) is 11.6 Å². The summed E-state index contributed by atoms with van der Waals surface area (Å²) in [5, 5.41) is 6.02. The summed E-state index contributed by atoms with van der Waals surface area (Å²) in [5.41, 5.74) is 1.37. The van der Waals surface area contributed by atoms with Crippen LogP contribution in [0.4, 0.5) is 11.4 Å². The van der Waals surface area contributed by atoms with Crippen molar-refractivity contribution in [3.63, 3.8) is 0 Å². The van der Waals surface area contributed by atoms with E-state index in [0.29, 0.717) is 41.6 Å². The molecule has 2 aromatic carbocycles. The Bertz CT molecular complexity index is 702. The van der Waals surface area contributed by atoms with Gasteiger partial charge in [-0.25, -0.2) is 0 Å². The van der Waals surface area contributed by atoms with Crippen molar-refractivity contribution in [1.29, 1.82) is 0 Å². The number of rotatable bonds is 7. The maximum atomic E-state index is 11.9. The zero-order chi connectivity index (χ0) is 17.4. The van der Waals surface area contributed by atoms with Gasteiger partial charge >= 0.3 is 0 Å². The summed E-state index contributed by atoms with van der Waals surface area (Å²) in [6.07, 6.45) is 0.929. The minimum Gasteiger partial charge on any atom is -0.492 e. The Balaban J connectivity index is 1.71. The quantitative estimate of drug-likeness (QED) is 0.742. The number of ether oxygens (including phenoxy) is 1. The molecule has 126 valence electrons. The number of hydrogen-bond acceptors (Lipinski definition) is 3. The summed E-state index contributed by atoms with van der Waals surface area (Å²) in [6, 6.07) is 14.2. The highest BCUT2D eigenvalue weighted by Gasteiger charge is 2.04. The molecule has 2 rings (SSSR count). The molecule has 0 atom stereocenters. The van der Waals surface area contributed by atoms with Crippen molar-refractivity contribution in [3.05, 3.63) is 53.6 Å². The van der Waals surface area contributed by atoms with E-state index < -0.39 is 0 Å². The van der Waals surface area contributed by atoms with E-state index in [-0.39, 0.29) is 11.8 Å². The maximum absolute atomic E-state index is 11.9. The highest BCUT2D eigenvalue weighted by Crippen LogP contribution is 2.23. The minimum atomic E-state index is -0.134. The molecule has 2 amide bonds. The summed E-state index contributed by atoms with van der Waals surface area (Å²) in [7, 11) is 0. The van der Waals surface area contributed by atoms with Crippen molar-refractivity contribution in [2.45, 2.75) is 19.8 Å². The van der Waals surface area contributed by atoms with Gasteiger partial charge in [-0.05, 0) is 42.8 Å². The highest BCUT2D eigenvalue weighted by atomic mass is 35.5. The van der Waals surface area contributed by atoms with Crippen LogP contribution in [0.25, 0.3) is 0 Å². The monoisotopic (exact) mass is 346 g/mol. The van der Waals surface area contributed by atoms with Crippen molar-refractivity contribution < 1.29 is 14.3 Å². The Labute approximate surface area is 146 Å². The van der Waals surface area contributed by atoms with Gasteiger partial charge in [0, 0.05) is 24.7 Å². The Kier molecular flexibility index (Phi) is 6.63. The lowest BCUT2D eigenvalue weighted by molar-refractivity contribution is -0.116. The number of halogens is 1. The zero-order valence-corrected chi connectivity index (χ0v) is 14.1. The summed E-state index contributed by atoms with van der Waals surface area (Å²) in [5.74, 6) is 0.392. The summed E-state index contributed by atoms with van der Waals surface area (Å²) >= 11 is 5.99. The molecular formula is C18H19ClN2O3. The second kappa shape index (κ2) is 8.93. The second-order valence-corrected chi connectivity index (χ2v) is 5.60. The number of hydrogen-bond donors (Lipinski definition) is 2. The molecule has 6 heteroatoms. The second-order valence-electron chi connectivity index (χ2n) is 5.19. The molecule has 0 bridgehead atoms. The van der Waals surface area contributed by atoms with Crippen LogP contribution in [0.3, 0.4) is 0 Å². The van der Waals surface area contributed by atoms with Crippen molar-refractivity contribution in [2.75, 3.05) is 17.2 Å². The molecule has 0 aliphatic rings. The normalized spacial score (nSPS) is 10.1. The predicted molar refractivity (Wildman–Crippen MR) is 95.6 cm³/mol. The van der Waals surface area contributed by atoms with Gasteiger partial charge in [0.1, 0.15) is 5.75 Å². The number of anilines is 2. The van der Waals surface area contributed by atoms with Crippen LogP contribution in [0.1, 0.15) is 19.8 Å². The van der Waals surface area contributed by atoms with E-state index in [0.717, 1.165) is 0 Å². The van der Waals surface area contributed by atoms with E-state index >= 15 is 0 Å². The molecule has 0 spiro atoms. The number of amides is 2. The molecule has 2 N–H and O–H groups in total. The molecule has 0 saturated heterocycles. The van der Waals surface area contributed by atoms with Gasteiger partial charge in [0.25, 0.3) is 0 Å². The molecular weight excluding hydrogens is 328 g/mol. The number of nitrogens with one attached hydrogen (secondary N) is 2. The molecule has 0 saturated carbocycles. The van der Waals surface area contributed by atoms with Crippen molar-refractivity contribution >= 4 is 34.8 Å². The lowest BCUT2D eigenvalue weighted by atomic mass is 10.2. The van der Waals surface area contributed by atoms with Gasteiger partial charge < -0.3 is 15.4 Å². The molecule has 0 aliphatic carbocycles. The van der Waals surface area contributed by atoms with Gasteiger partial charge in [-0.1, -0.05) is 23.7 Å². The van der Waals surface area contributed by atoms with Crippen molar-refractivity contribution in [1.82, 2.24) is 0 Å². The van der Waals surface area contributed by atoms with Gasteiger partial charge in [0.15, 0.2) is 0 Å². The van der Waals surface area contributed by atoms with Gasteiger partial charge in [-0.3, -0.25) is 9.59 Å². The van der Waals surface area contributed by atoms with Crippen LogP contribution in [0.15, 0.2) is 48.5 Å². The third kappa shape index (κ3) is 5.93. The number of benzene rings is 2. The molecule has 0 radical (unpaired) electrons. The fourth-order valence-corrected chi connectivity index (χ4v) is 2.23. The molecule has 2 aromatic rings. The van der Waals surface area contributed by atoms with E-state index in [9.17, 15) is 9.59 Å². The lowest BCUT2D eigenvalue weighted by Crippen LogP contribution is -2.13. The van der Waals surface area contributed by atoms with E-state index in [1.54, 1.807) is 36.4 Å². The van der Waals surface area contributed by atoms with Crippen molar-refractivity contribution in [3.8, 4) is 5.75 Å². The first-order valence-electron chi connectivity index (χ1n) is 7.59. The van der Waals surface area contributed by atoms with Crippen LogP contribution in [0.2, 0.25) is 5.02 Å². The topological polar surface area (TPSA) is 67.4 Å². The van der Waals surface area contributed by atoms with Crippen LogP contribution < -0.4 is 15.4 Å². The summed E-state index contributed by atoms with van der Waals surface area (Å²) in [6.45, 7) is 1.86. The van der Waals surface area contributed by atoms with E-state index in [1.807, 2.05) is 12.1 Å². The van der Waals surface area contributed by atoms with Crippen LogP contribution >= 0.6 is 11.6 Å². The summed E-state index contributed by atoms with van der Waals surface area (Å²) in [4.78, 5) is 22.8. The molecule has 0 fully saturated rings. The fraction of sp³-hybridized carbons (Fsp3) is 0.222. The van der Waals surface area contributed by atoms with Gasteiger partial charge in [0.2, 0.25) is 11.8 Å². The first kappa shape index (κ1) is 17.8. The lowest BCUT2D eigenvalue weighted by Gasteiger charge is -2.09. The molecule has 0 aliphatic heterocycles. The average Bonchev–Trinajstić information content (AvgIpc) is 2.54. The van der Waals surface area contributed by atoms with Crippen LogP contribution in [-0.4, -0.2) is 18.4 Å². The standard InChI is InChI=1S/C18H19ClN2O3/c1-13(22)20-14-8-10-15(11-9-14)21-18(23)7-4-12-24-17-6-3-2-5-16(17)19/h2-3,5-6,8-11H,4,7,12H2,1H3,(H,20,22)(H,21,23). The third-order valence-corrected chi connectivity index (χ3v) is 3.44. The Morgan fingerprint density at radius 2 is 1.62 bits per heavy atom. The Morgan fingerprint density at radius 3 is 2.25 bits per heavy atom. The van der Waals surface area contributed by atoms with E-state index in [4.69, 9.17) is 16.3 Å². The molecule has 0 heterocycles. The molecule has 0 aromatic heterocycles. The maximum Gasteiger partial charge on any atom is 0.224 e. The Hall–Kier alpha value is -2.53. The third-order valence-electron chi connectivity index (χ3n) is 3.13. The smallest absolute Gasteiger partial charge is 0.224 e. The first-order valence-corrected chi connectivity index (χ1v) is 7.97. The zero-order valence-electron chi connectivity index (χ0n) is 13.3. The summed E-state index contributed by atoms with van der Waals surface area (Å²) < 4.78 is 5.54. The van der Waals surface area contributed by atoms with Crippen LogP contribution in [0.5, 0.6) is 5.75 Å². The number of carbonyl (C=O) groups is 2. The predicted octanol–water partition coefficient (Wildman–Crippen LogP) is 4.10.